The normalized spacial score (nSPS) is 28.3. The zero-order valence-electron chi connectivity index (χ0n) is 23.3. The maximum atomic E-state index is 13.2. The smallest absolute Gasteiger partial charge is 0.388 e. The third-order valence-corrected chi connectivity index (χ3v) is 8.71. The molecule has 25 heteroatoms. The summed E-state index contributed by atoms with van der Waals surface area (Å²) >= 11 is 0. The van der Waals surface area contributed by atoms with Crippen molar-refractivity contribution in [3.8, 4) is 0 Å². The molecule has 46 heavy (non-hydrogen) atoms. The van der Waals surface area contributed by atoms with E-state index >= 15 is 0 Å². The number of phosphoric ester groups is 2. The van der Waals surface area contributed by atoms with E-state index in [0.717, 1.165) is 10.9 Å². The van der Waals surface area contributed by atoms with Gasteiger partial charge in [0.25, 0.3) is 5.56 Å². The van der Waals surface area contributed by atoms with E-state index in [1.165, 1.54) is 17.2 Å². The van der Waals surface area contributed by atoms with Crippen LogP contribution in [-0.4, -0.2) is 108 Å². The third kappa shape index (κ3) is 6.53. The first-order valence-corrected chi connectivity index (χ1v) is 16.4. The maximum Gasteiger partial charge on any atom is 0.472 e. The van der Waals surface area contributed by atoms with Crippen LogP contribution < -0.4 is 17.0 Å². The monoisotopic (exact) mass is 690 g/mol. The number of fused-ring (bicyclic) bond motifs is 2. The van der Waals surface area contributed by atoms with Crippen LogP contribution in [0.4, 0.5) is 11.8 Å². The number of nitrogens with two attached hydrogens (primary N) is 2. The number of nitrogen functional groups attached to an aromatic ring is 2. The summed E-state index contributed by atoms with van der Waals surface area (Å²) in [6.07, 6.45) is -5.72. The zero-order chi connectivity index (χ0) is 33.0. The number of rotatable bonds is 11. The van der Waals surface area contributed by atoms with E-state index in [1.54, 1.807) is 0 Å². The van der Waals surface area contributed by atoms with Gasteiger partial charge in [0.05, 0.1) is 38.1 Å². The summed E-state index contributed by atoms with van der Waals surface area (Å²) in [6.45, 7) is -1.11. The van der Waals surface area contributed by atoms with E-state index in [2.05, 4.69) is 34.4 Å². The molecule has 2 aliphatic rings. The summed E-state index contributed by atoms with van der Waals surface area (Å²) in [4.78, 5) is 63.3. The number of ether oxygens (including phenoxy) is 2. The summed E-state index contributed by atoms with van der Waals surface area (Å²) in [7, 11) is -9.89. The van der Waals surface area contributed by atoms with Gasteiger partial charge in [0, 0.05) is 12.8 Å². The SMILES string of the molecule is Nc1nc2c(ncn2[C@@H]2O[C@H](CCOP(=O)(O)O)[C@@H](O)[C@H]2OP(=O)(O)OC[C@@H]2C[C@@H](O)[C@H](n3cnc4c(N)ncnc43)O2)c(=O)[nH]1. The van der Waals surface area contributed by atoms with Crippen LogP contribution in [0.3, 0.4) is 0 Å². The standard InChI is InChI=1S/C21H28N10O13P2/c22-15-11-16(25-5-24-15)30(6-26-11)19-9(32)3-8(42-19)4-41-46(38,39)44-14-13(33)10(1-2-40-45(35,36)37)43-20(14)31-7-27-12-17(31)28-21(23)29-18(12)34/h5-10,13-14,19-20,32-33H,1-4H2,(H,38,39)(H2,22,24,25)(H2,35,36,37)(H3,23,28,29,34)/t8-,9+,10+,13+,14+,19+,20+/m0/s1. The van der Waals surface area contributed by atoms with Gasteiger partial charge in [-0.3, -0.25) is 32.5 Å². The molecule has 0 aliphatic carbocycles. The molecule has 0 spiro atoms. The summed E-state index contributed by atoms with van der Waals surface area (Å²) in [5.74, 6) is -0.160. The number of phosphoric acid groups is 2. The first kappa shape index (κ1) is 32.5. The lowest BCUT2D eigenvalue weighted by atomic mass is 10.1. The number of nitrogens with zero attached hydrogens (tertiary/aromatic N) is 7. The summed E-state index contributed by atoms with van der Waals surface area (Å²) in [6, 6.07) is 0. The Hall–Kier alpha value is -3.44. The molecule has 0 saturated carbocycles. The van der Waals surface area contributed by atoms with Gasteiger partial charge in [-0.15, -0.1) is 0 Å². The first-order valence-electron chi connectivity index (χ1n) is 13.4. The molecule has 250 valence electrons. The Balaban J connectivity index is 1.18. The van der Waals surface area contributed by atoms with Gasteiger partial charge in [-0.25, -0.2) is 29.1 Å². The minimum absolute atomic E-state index is 0.0208. The van der Waals surface area contributed by atoms with Crippen molar-refractivity contribution in [3.05, 3.63) is 29.3 Å². The van der Waals surface area contributed by atoms with Crippen molar-refractivity contribution in [2.45, 2.75) is 55.8 Å². The van der Waals surface area contributed by atoms with Gasteiger partial charge in [0.15, 0.2) is 35.1 Å². The van der Waals surface area contributed by atoms with Crippen LogP contribution in [0.1, 0.15) is 25.3 Å². The number of aromatic amines is 1. The maximum absolute atomic E-state index is 13.2. The number of hydrogen-bond acceptors (Lipinski definition) is 17. The number of imidazole rings is 2. The van der Waals surface area contributed by atoms with Gasteiger partial charge < -0.3 is 45.8 Å². The highest BCUT2D eigenvalue weighted by atomic mass is 31.2. The number of aliphatic hydroxyl groups excluding tert-OH is 2. The Morgan fingerprint density at radius 3 is 2.43 bits per heavy atom. The van der Waals surface area contributed by atoms with Crippen LogP contribution >= 0.6 is 15.6 Å². The van der Waals surface area contributed by atoms with Crippen molar-refractivity contribution >= 4 is 49.7 Å². The van der Waals surface area contributed by atoms with Gasteiger partial charge in [-0.05, 0) is 0 Å². The van der Waals surface area contributed by atoms with E-state index < -0.39 is 77.4 Å². The van der Waals surface area contributed by atoms with Crippen molar-refractivity contribution in [2.75, 3.05) is 24.7 Å². The van der Waals surface area contributed by atoms with Crippen LogP contribution in [-0.2, 0) is 32.2 Å². The molecular formula is C21H28N10O13P2. The van der Waals surface area contributed by atoms with Crippen LogP contribution in [0.15, 0.2) is 23.8 Å². The fourth-order valence-electron chi connectivity index (χ4n) is 5.22. The van der Waals surface area contributed by atoms with Crippen molar-refractivity contribution < 1.29 is 57.1 Å². The van der Waals surface area contributed by atoms with E-state index in [4.69, 9.17) is 39.8 Å². The number of nitrogens with one attached hydrogen (secondary N) is 1. The fourth-order valence-corrected chi connectivity index (χ4v) is 6.51. The summed E-state index contributed by atoms with van der Waals surface area (Å²) < 4.78 is 53.4. The van der Waals surface area contributed by atoms with Crippen molar-refractivity contribution in [2.24, 2.45) is 0 Å². The number of aliphatic hydroxyl groups is 2. The van der Waals surface area contributed by atoms with Crippen molar-refractivity contribution in [1.82, 2.24) is 39.0 Å². The molecule has 4 aromatic heterocycles. The van der Waals surface area contributed by atoms with E-state index in [-0.39, 0.29) is 41.3 Å². The highest BCUT2D eigenvalue weighted by Gasteiger charge is 2.50. The molecule has 2 saturated heterocycles. The molecule has 0 amide bonds. The summed E-state index contributed by atoms with van der Waals surface area (Å²) in [5, 5.41) is 21.7. The molecule has 0 bridgehead atoms. The first-order chi connectivity index (χ1) is 21.7. The summed E-state index contributed by atoms with van der Waals surface area (Å²) in [5.41, 5.74) is 11.1. The largest absolute Gasteiger partial charge is 0.472 e. The Morgan fingerprint density at radius 1 is 0.978 bits per heavy atom. The predicted octanol–water partition coefficient (Wildman–Crippen LogP) is -1.97. The third-order valence-electron chi connectivity index (χ3n) is 7.20. The van der Waals surface area contributed by atoms with Gasteiger partial charge in [0.2, 0.25) is 5.95 Å². The Bertz CT molecular complexity index is 1900. The second-order valence-corrected chi connectivity index (χ2v) is 13.0. The highest BCUT2D eigenvalue weighted by Crippen LogP contribution is 2.50. The lowest BCUT2D eigenvalue weighted by Gasteiger charge is -2.24. The number of hydrogen-bond donors (Lipinski definition) is 8. The molecule has 2 aliphatic heterocycles. The zero-order valence-corrected chi connectivity index (χ0v) is 25.1. The van der Waals surface area contributed by atoms with Crippen LogP contribution in [0.25, 0.3) is 22.3 Å². The Morgan fingerprint density at radius 2 is 1.70 bits per heavy atom. The van der Waals surface area contributed by atoms with Crippen LogP contribution in [0, 0.1) is 0 Å². The molecule has 2 fully saturated rings. The Labute approximate surface area is 255 Å². The molecule has 4 aromatic rings. The van der Waals surface area contributed by atoms with Gasteiger partial charge >= 0.3 is 15.6 Å². The van der Waals surface area contributed by atoms with E-state index in [0.29, 0.717) is 5.65 Å². The molecule has 0 aromatic carbocycles. The second kappa shape index (κ2) is 12.3. The molecule has 23 nitrogen and oxygen atoms in total. The van der Waals surface area contributed by atoms with Crippen LogP contribution in [0.2, 0.25) is 0 Å². The lowest BCUT2D eigenvalue weighted by Crippen LogP contribution is -2.34. The quantitative estimate of drug-likeness (QED) is 0.0791. The topological polar surface area (TPSA) is 341 Å². The number of aromatic nitrogens is 8. The molecule has 0 radical (unpaired) electrons. The molecule has 10 N–H and O–H groups in total. The minimum atomic E-state index is -5.03. The van der Waals surface area contributed by atoms with Gasteiger partial charge in [0.1, 0.15) is 30.2 Å². The van der Waals surface area contributed by atoms with Gasteiger partial charge in [-0.2, -0.15) is 4.98 Å². The molecule has 8 atom stereocenters. The van der Waals surface area contributed by atoms with E-state index in [9.17, 15) is 29.0 Å². The Kier molecular flexibility index (Phi) is 8.69. The van der Waals surface area contributed by atoms with Crippen molar-refractivity contribution in [1.29, 1.82) is 0 Å². The number of anilines is 2. The molecule has 6 rings (SSSR count). The van der Waals surface area contributed by atoms with Crippen molar-refractivity contribution in [3.63, 3.8) is 0 Å². The minimum Gasteiger partial charge on any atom is -0.388 e. The fraction of sp³-hybridized carbons (Fsp3) is 0.524. The van der Waals surface area contributed by atoms with Gasteiger partial charge in [-0.1, -0.05) is 0 Å². The molecular weight excluding hydrogens is 662 g/mol. The average molecular weight is 690 g/mol. The van der Waals surface area contributed by atoms with E-state index in [1.807, 2.05) is 0 Å². The average Bonchev–Trinajstić information content (AvgIpc) is 3.73. The van der Waals surface area contributed by atoms with Crippen LogP contribution in [0.5, 0.6) is 0 Å². The predicted molar refractivity (Wildman–Crippen MR) is 150 cm³/mol. The second-order valence-electron chi connectivity index (χ2n) is 10.3. The molecule has 1 unspecified atom stereocenters. The lowest BCUT2D eigenvalue weighted by molar-refractivity contribution is -0.0570. The highest BCUT2D eigenvalue weighted by molar-refractivity contribution is 7.47. The molecule has 6 heterocycles. The number of H-pyrrole nitrogens is 1.